The van der Waals surface area contributed by atoms with Crippen LogP contribution in [0.3, 0.4) is 0 Å². The van der Waals surface area contributed by atoms with E-state index >= 15 is 0 Å². The van der Waals surface area contributed by atoms with Crippen molar-refractivity contribution in [2.24, 2.45) is 5.41 Å². The molecule has 1 aliphatic carbocycles. The van der Waals surface area contributed by atoms with Crippen LogP contribution in [0.5, 0.6) is 23.0 Å². The van der Waals surface area contributed by atoms with Crippen LogP contribution in [0.2, 0.25) is 0 Å². The molecule has 46 heavy (non-hydrogen) atoms. The maximum atomic E-state index is 13.4. The molecule has 0 N–H and O–H groups in total. The van der Waals surface area contributed by atoms with Gasteiger partial charge in [0.1, 0.15) is 17.3 Å². The number of ketones is 2. The van der Waals surface area contributed by atoms with Gasteiger partial charge < -0.3 is 18.9 Å². The van der Waals surface area contributed by atoms with Gasteiger partial charge in [0.2, 0.25) is 0 Å². The standard InChI is InChI=1S/C37H39FN2O6/c1-25-20-29(9-6-27(25)22-36(42)37(11-12-37)35(41)21-26-4-7-28(38)8-5-26)46-32-10-13-39-31-24-34(33(43-2)23-30(31)32)45-17-3-14-40-15-18-44-19-16-40/h4-10,13,20,23-24H,3,11-12,14-19,21-22H2,1-2H3. The van der Waals surface area contributed by atoms with E-state index in [-0.39, 0.29) is 30.2 Å². The summed E-state index contributed by atoms with van der Waals surface area (Å²) in [6.45, 7) is 6.92. The molecule has 1 saturated heterocycles. The molecule has 6 rings (SSSR count). The van der Waals surface area contributed by atoms with Gasteiger partial charge in [0, 0.05) is 50.1 Å². The molecule has 0 unspecified atom stereocenters. The van der Waals surface area contributed by atoms with Gasteiger partial charge in [-0.1, -0.05) is 18.2 Å². The summed E-state index contributed by atoms with van der Waals surface area (Å²) in [6, 6.07) is 17.1. The number of hydrogen-bond donors (Lipinski definition) is 0. The average molecular weight is 627 g/mol. The molecule has 1 aliphatic heterocycles. The number of pyridine rings is 1. The third kappa shape index (κ3) is 7.21. The van der Waals surface area contributed by atoms with E-state index in [1.165, 1.54) is 12.1 Å². The number of Topliss-reactive ketones (excluding diaryl/α,β-unsaturated/α-hetero) is 2. The summed E-state index contributed by atoms with van der Waals surface area (Å²) < 4.78 is 36.8. The number of aromatic nitrogens is 1. The highest BCUT2D eigenvalue weighted by Crippen LogP contribution is 2.49. The largest absolute Gasteiger partial charge is 0.493 e. The van der Waals surface area contributed by atoms with Crippen LogP contribution in [0.15, 0.2) is 66.9 Å². The number of carbonyl (C=O) groups excluding carboxylic acids is 2. The van der Waals surface area contributed by atoms with Gasteiger partial charge in [-0.3, -0.25) is 19.5 Å². The number of rotatable bonds is 14. The van der Waals surface area contributed by atoms with E-state index in [4.69, 9.17) is 18.9 Å². The minimum absolute atomic E-state index is 0.0669. The van der Waals surface area contributed by atoms with Crippen molar-refractivity contribution in [1.82, 2.24) is 9.88 Å². The molecule has 240 valence electrons. The van der Waals surface area contributed by atoms with Crippen LogP contribution in [0.1, 0.15) is 36.0 Å². The Morgan fingerprint density at radius 2 is 1.70 bits per heavy atom. The minimum Gasteiger partial charge on any atom is -0.493 e. The van der Waals surface area contributed by atoms with Crippen molar-refractivity contribution in [3.63, 3.8) is 0 Å². The zero-order valence-electron chi connectivity index (χ0n) is 26.4. The fraction of sp³-hybridized carbons (Fsp3) is 0.378. The third-order valence-corrected chi connectivity index (χ3v) is 8.96. The molecule has 0 atom stereocenters. The number of methoxy groups -OCH3 is 1. The molecule has 9 heteroatoms. The lowest BCUT2D eigenvalue weighted by molar-refractivity contribution is -0.133. The Kier molecular flexibility index (Phi) is 9.61. The monoisotopic (exact) mass is 626 g/mol. The molecule has 8 nitrogen and oxygen atoms in total. The highest BCUT2D eigenvalue weighted by molar-refractivity contribution is 6.11. The van der Waals surface area contributed by atoms with Crippen molar-refractivity contribution < 1.29 is 32.9 Å². The molecule has 3 aromatic carbocycles. The zero-order valence-corrected chi connectivity index (χ0v) is 26.4. The van der Waals surface area contributed by atoms with Gasteiger partial charge in [-0.15, -0.1) is 0 Å². The van der Waals surface area contributed by atoms with E-state index in [0.29, 0.717) is 48.0 Å². The van der Waals surface area contributed by atoms with Gasteiger partial charge in [0.05, 0.1) is 37.9 Å². The van der Waals surface area contributed by atoms with Gasteiger partial charge in [0.15, 0.2) is 23.1 Å². The Morgan fingerprint density at radius 1 is 0.935 bits per heavy atom. The number of benzene rings is 3. The fourth-order valence-corrected chi connectivity index (χ4v) is 5.98. The topological polar surface area (TPSA) is 87.2 Å². The minimum atomic E-state index is -0.934. The van der Waals surface area contributed by atoms with E-state index in [2.05, 4.69) is 9.88 Å². The molecule has 2 aliphatic rings. The number of hydrogen-bond acceptors (Lipinski definition) is 8. The maximum Gasteiger partial charge on any atom is 0.163 e. The molecular weight excluding hydrogens is 587 g/mol. The van der Waals surface area contributed by atoms with Crippen LogP contribution in [0.4, 0.5) is 4.39 Å². The predicted octanol–water partition coefficient (Wildman–Crippen LogP) is 6.29. The second kappa shape index (κ2) is 14.0. The van der Waals surface area contributed by atoms with E-state index in [0.717, 1.165) is 61.3 Å². The van der Waals surface area contributed by atoms with Gasteiger partial charge in [-0.2, -0.15) is 0 Å². The summed E-state index contributed by atoms with van der Waals surface area (Å²) in [5.41, 5.74) is 2.26. The zero-order chi connectivity index (χ0) is 32.1. The van der Waals surface area contributed by atoms with Crippen molar-refractivity contribution >= 4 is 22.5 Å². The normalized spacial score (nSPS) is 15.8. The quantitative estimate of drug-likeness (QED) is 0.119. The van der Waals surface area contributed by atoms with Crippen LogP contribution in [-0.2, 0) is 27.2 Å². The lowest BCUT2D eigenvalue weighted by Gasteiger charge is -2.26. The molecule has 4 aromatic rings. The van der Waals surface area contributed by atoms with Gasteiger partial charge in [0.25, 0.3) is 0 Å². The Labute approximate surface area is 268 Å². The molecule has 0 radical (unpaired) electrons. The van der Waals surface area contributed by atoms with Crippen molar-refractivity contribution in [3.05, 3.63) is 89.4 Å². The molecule has 2 heterocycles. The van der Waals surface area contributed by atoms with Gasteiger partial charge in [-0.05, 0) is 79.3 Å². The second-order valence-corrected chi connectivity index (χ2v) is 12.1. The summed E-state index contributed by atoms with van der Waals surface area (Å²) in [7, 11) is 1.62. The number of carbonyl (C=O) groups is 2. The summed E-state index contributed by atoms with van der Waals surface area (Å²) in [5, 5.41) is 0.785. The van der Waals surface area contributed by atoms with Crippen LogP contribution in [0.25, 0.3) is 10.9 Å². The molecule has 2 fully saturated rings. The number of nitrogens with zero attached hydrogens (tertiary/aromatic N) is 2. The summed E-state index contributed by atoms with van der Waals surface area (Å²) in [6.07, 6.45) is 4.02. The maximum absolute atomic E-state index is 13.4. The first-order chi connectivity index (χ1) is 22.3. The summed E-state index contributed by atoms with van der Waals surface area (Å²) >= 11 is 0. The number of morpholine rings is 1. The highest BCUT2D eigenvalue weighted by Gasteiger charge is 2.54. The van der Waals surface area contributed by atoms with E-state index < -0.39 is 5.41 Å². The van der Waals surface area contributed by atoms with Gasteiger partial charge >= 0.3 is 0 Å². The predicted molar refractivity (Wildman–Crippen MR) is 172 cm³/mol. The first-order valence-electron chi connectivity index (χ1n) is 15.8. The molecule has 1 saturated carbocycles. The van der Waals surface area contributed by atoms with E-state index in [1.54, 1.807) is 31.5 Å². The van der Waals surface area contributed by atoms with Crippen LogP contribution < -0.4 is 14.2 Å². The third-order valence-electron chi connectivity index (χ3n) is 8.96. The van der Waals surface area contributed by atoms with Crippen LogP contribution >= 0.6 is 0 Å². The molecule has 0 bridgehead atoms. The number of fused-ring (bicyclic) bond motifs is 1. The van der Waals surface area contributed by atoms with Crippen molar-refractivity contribution in [1.29, 1.82) is 0 Å². The molecular formula is C37H39FN2O6. The van der Waals surface area contributed by atoms with Crippen molar-refractivity contribution in [3.8, 4) is 23.0 Å². The summed E-state index contributed by atoms with van der Waals surface area (Å²) in [4.78, 5) is 33.4. The van der Waals surface area contributed by atoms with Crippen LogP contribution in [-0.4, -0.2) is 68.0 Å². The van der Waals surface area contributed by atoms with Gasteiger partial charge in [-0.25, -0.2) is 4.39 Å². The summed E-state index contributed by atoms with van der Waals surface area (Å²) in [5.74, 6) is 1.97. The van der Waals surface area contributed by atoms with Crippen molar-refractivity contribution in [2.75, 3.05) is 46.6 Å². The second-order valence-electron chi connectivity index (χ2n) is 12.1. The average Bonchev–Trinajstić information content (AvgIpc) is 3.88. The first kappa shape index (κ1) is 31.6. The van der Waals surface area contributed by atoms with Crippen molar-refractivity contribution in [2.45, 2.75) is 39.0 Å². The van der Waals surface area contributed by atoms with E-state index in [9.17, 15) is 14.0 Å². The first-order valence-corrected chi connectivity index (χ1v) is 15.8. The Hall–Kier alpha value is -4.34. The Bertz CT molecular complexity index is 1710. The molecule has 1 aromatic heterocycles. The lowest BCUT2D eigenvalue weighted by atomic mass is 9.87. The Balaban J connectivity index is 1.10. The SMILES string of the molecule is COc1cc2c(Oc3ccc(CC(=O)C4(C(=O)Cc5ccc(F)cc5)CC4)c(C)c3)ccnc2cc1OCCCN1CCOCC1. The fourth-order valence-electron chi connectivity index (χ4n) is 5.98. The molecule has 0 spiro atoms. The number of halogens is 1. The smallest absolute Gasteiger partial charge is 0.163 e. The molecule has 0 amide bonds. The number of ether oxygens (including phenoxy) is 4. The van der Waals surface area contributed by atoms with Crippen LogP contribution in [0, 0.1) is 18.2 Å². The number of aryl methyl sites for hydroxylation is 1. The van der Waals surface area contributed by atoms with E-state index in [1.807, 2.05) is 37.3 Å². The highest BCUT2D eigenvalue weighted by atomic mass is 19.1. The lowest BCUT2D eigenvalue weighted by Crippen LogP contribution is -2.37. The Morgan fingerprint density at radius 3 is 2.41 bits per heavy atom.